The van der Waals surface area contributed by atoms with Crippen LogP contribution >= 0.6 is 0 Å². The van der Waals surface area contributed by atoms with Gasteiger partial charge in [0, 0.05) is 18.6 Å². The summed E-state index contributed by atoms with van der Waals surface area (Å²) < 4.78 is 5.27. The maximum atomic E-state index is 5.59. The summed E-state index contributed by atoms with van der Waals surface area (Å²) in [5.74, 6) is 6.28. The average molecular weight is 230 g/mol. The van der Waals surface area contributed by atoms with Crippen LogP contribution in [0.15, 0.2) is 42.9 Å². The number of nitrogens with one attached hydrogen (secondary N) is 1. The molecule has 5 heteroatoms. The summed E-state index contributed by atoms with van der Waals surface area (Å²) in [7, 11) is 1.61. The SMILES string of the molecule is COc1cccnc1C(NN)c1cccnc1. The summed E-state index contributed by atoms with van der Waals surface area (Å²) in [6.07, 6.45) is 5.17. The third-order valence-corrected chi connectivity index (χ3v) is 2.48. The fraction of sp³-hybridized carbons (Fsp3) is 0.167. The quantitative estimate of drug-likeness (QED) is 0.606. The average Bonchev–Trinajstić information content (AvgIpc) is 2.41. The molecule has 0 aromatic carbocycles. The number of methoxy groups -OCH3 is 1. The van der Waals surface area contributed by atoms with Crippen molar-refractivity contribution in [3.8, 4) is 5.75 Å². The Morgan fingerprint density at radius 2 is 2.12 bits per heavy atom. The van der Waals surface area contributed by atoms with Crippen LogP contribution in [0.5, 0.6) is 5.75 Å². The topological polar surface area (TPSA) is 73.1 Å². The standard InChI is InChI=1S/C12H14N4O/c1-17-10-5-3-7-15-12(10)11(16-13)9-4-2-6-14-8-9/h2-8,11,16H,13H2,1H3. The molecule has 17 heavy (non-hydrogen) atoms. The van der Waals surface area contributed by atoms with E-state index in [1.54, 1.807) is 25.7 Å². The van der Waals surface area contributed by atoms with Gasteiger partial charge in [-0.2, -0.15) is 0 Å². The van der Waals surface area contributed by atoms with Gasteiger partial charge < -0.3 is 4.74 Å². The van der Waals surface area contributed by atoms with Gasteiger partial charge >= 0.3 is 0 Å². The Balaban J connectivity index is 2.42. The van der Waals surface area contributed by atoms with Crippen molar-refractivity contribution in [3.05, 3.63) is 54.1 Å². The van der Waals surface area contributed by atoms with E-state index in [9.17, 15) is 0 Å². The molecule has 3 N–H and O–H groups in total. The van der Waals surface area contributed by atoms with E-state index >= 15 is 0 Å². The Morgan fingerprint density at radius 3 is 2.76 bits per heavy atom. The van der Waals surface area contributed by atoms with Gasteiger partial charge in [0.1, 0.15) is 11.4 Å². The number of aromatic nitrogens is 2. The van der Waals surface area contributed by atoms with Crippen molar-refractivity contribution in [1.29, 1.82) is 0 Å². The third-order valence-electron chi connectivity index (χ3n) is 2.48. The maximum absolute atomic E-state index is 5.59. The van der Waals surface area contributed by atoms with Crippen molar-refractivity contribution < 1.29 is 4.74 Å². The molecule has 1 unspecified atom stereocenters. The van der Waals surface area contributed by atoms with Crippen molar-refractivity contribution in [3.63, 3.8) is 0 Å². The van der Waals surface area contributed by atoms with Gasteiger partial charge in [0.15, 0.2) is 0 Å². The molecular formula is C12H14N4O. The van der Waals surface area contributed by atoms with Crippen LogP contribution in [0.1, 0.15) is 17.3 Å². The second-order valence-electron chi connectivity index (χ2n) is 3.48. The van der Waals surface area contributed by atoms with E-state index in [-0.39, 0.29) is 6.04 Å². The number of pyridine rings is 2. The van der Waals surface area contributed by atoms with Gasteiger partial charge in [0.05, 0.1) is 13.2 Å². The highest BCUT2D eigenvalue weighted by atomic mass is 16.5. The van der Waals surface area contributed by atoms with Crippen LogP contribution in [-0.2, 0) is 0 Å². The highest BCUT2D eigenvalue weighted by Crippen LogP contribution is 2.26. The van der Waals surface area contributed by atoms with Crippen molar-refractivity contribution >= 4 is 0 Å². The smallest absolute Gasteiger partial charge is 0.142 e. The molecule has 88 valence electrons. The summed E-state index contributed by atoms with van der Waals surface area (Å²) >= 11 is 0. The number of ether oxygens (including phenoxy) is 1. The predicted molar refractivity (Wildman–Crippen MR) is 64.2 cm³/mol. The molecule has 0 aliphatic carbocycles. The van der Waals surface area contributed by atoms with Gasteiger partial charge in [-0.05, 0) is 23.8 Å². The molecule has 0 amide bonds. The fourth-order valence-corrected chi connectivity index (χ4v) is 1.67. The van der Waals surface area contributed by atoms with E-state index in [0.717, 1.165) is 11.3 Å². The molecule has 1 atom stereocenters. The van der Waals surface area contributed by atoms with Crippen molar-refractivity contribution in [2.75, 3.05) is 7.11 Å². The first-order valence-electron chi connectivity index (χ1n) is 5.21. The van der Waals surface area contributed by atoms with E-state index in [0.29, 0.717) is 5.75 Å². The second kappa shape index (κ2) is 5.38. The highest BCUT2D eigenvalue weighted by molar-refractivity contribution is 5.35. The number of hydrogen-bond acceptors (Lipinski definition) is 5. The lowest BCUT2D eigenvalue weighted by molar-refractivity contribution is 0.400. The van der Waals surface area contributed by atoms with Crippen molar-refractivity contribution in [2.24, 2.45) is 5.84 Å². The van der Waals surface area contributed by atoms with Gasteiger partial charge in [-0.1, -0.05) is 6.07 Å². The van der Waals surface area contributed by atoms with Gasteiger partial charge in [-0.25, -0.2) is 5.43 Å². The third kappa shape index (κ3) is 2.41. The minimum absolute atomic E-state index is 0.236. The molecule has 2 heterocycles. The molecule has 0 aliphatic heterocycles. The van der Waals surface area contributed by atoms with E-state index in [2.05, 4.69) is 15.4 Å². The first-order chi connectivity index (χ1) is 8.36. The molecular weight excluding hydrogens is 216 g/mol. The van der Waals surface area contributed by atoms with Crippen LogP contribution in [0.3, 0.4) is 0 Å². The number of rotatable bonds is 4. The van der Waals surface area contributed by atoms with Crippen LogP contribution in [0, 0.1) is 0 Å². The van der Waals surface area contributed by atoms with E-state index < -0.39 is 0 Å². The summed E-state index contributed by atoms with van der Waals surface area (Å²) in [6, 6.07) is 7.22. The van der Waals surface area contributed by atoms with Crippen LogP contribution in [0.4, 0.5) is 0 Å². The highest BCUT2D eigenvalue weighted by Gasteiger charge is 2.17. The zero-order chi connectivity index (χ0) is 12.1. The zero-order valence-corrected chi connectivity index (χ0v) is 9.50. The molecule has 0 spiro atoms. The number of hydrogen-bond donors (Lipinski definition) is 2. The second-order valence-corrected chi connectivity index (χ2v) is 3.48. The lowest BCUT2D eigenvalue weighted by Crippen LogP contribution is -2.29. The molecule has 0 saturated heterocycles. The van der Waals surface area contributed by atoms with E-state index in [4.69, 9.17) is 10.6 Å². The monoisotopic (exact) mass is 230 g/mol. The molecule has 0 bridgehead atoms. The molecule has 2 aromatic heterocycles. The van der Waals surface area contributed by atoms with Crippen LogP contribution in [0.2, 0.25) is 0 Å². The van der Waals surface area contributed by atoms with Gasteiger partial charge in [0.25, 0.3) is 0 Å². The molecule has 2 aromatic rings. The summed E-state index contributed by atoms with van der Waals surface area (Å²) in [5, 5.41) is 0. The number of hydrazine groups is 1. The van der Waals surface area contributed by atoms with E-state index in [1.165, 1.54) is 0 Å². The van der Waals surface area contributed by atoms with Crippen molar-refractivity contribution in [2.45, 2.75) is 6.04 Å². The molecule has 2 rings (SSSR count). The molecule has 0 saturated carbocycles. The first kappa shape index (κ1) is 11.5. The Morgan fingerprint density at radius 1 is 1.29 bits per heavy atom. The van der Waals surface area contributed by atoms with Gasteiger partial charge in [0.2, 0.25) is 0 Å². The van der Waals surface area contributed by atoms with Crippen molar-refractivity contribution in [1.82, 2.24) is 15.4 Å². The Labute approximate surface area is 99.6 Å². The minimum Gasteiger partial charge on any atom is -0.495 e. The summed E-state index contributed by atoms with van der Waals surface area (Å²) in [6.45, 7) is 0. The molecule has 0 aliphatic rings. The zero-order valence-electron chi connectivity index (χ0n) is 9.50. The number of nitrogens with zero attached hydrogens (tertiary/aromatic N) is 2. The van der Waals surface area contributed by atoms with Crippen LogP contribution in [-0.4, -0.2) is 17.1 Å². The molecule has 0 fully saturated rings. The Hall–Kier alpha value is -1.98. The summed E-state index contributed by atoms with van der Waals surface area (Å²) in [4.78, 5) is 8.37. The first-order valence-corrected chi connectivity index (χ1v) is 5.21. The maximum Gasteiger partial charge on any atom is 0.142 e. The van der Waals surface area contributed by atoms with Gasteiger partial charge in [-0.15, -0.1) is 0 Å². The van der Waals surface area contributed by atoms with Gasteiger partial charge in [-0.3, -0.25) is 15.8 Å². The number of nitrogens with two attached hydrogens (primary N) is 1. The normalized spacial score (nSPS) is 12.1. The molecule has 5 nitrogen and oxygen atoms in total. The lowest BCUT2D eigenvalue weighted by atomic mass is 10.1. The minimum atomic E-state index is -0.236. The predicted octanol–water partition coefficient (Wildman–Crippen LogP) is 1.04. The molecule has 0 radical (unpaired) electrons. The van der Waals surface area contributed by atoms with Crippen LogP contribution in [0.25, 0.3) is 0 Å². The fourth-order valence-electron chi connectivity index (χ4n) is 1.67. The van der Waals surface area contributed by atoms with Crippen LogP contribution < -0.4 is 16.0 Å². The lowest BCUT2D eigenvalue weighted by Gasteiger charge is -2.17. The summed E-state index contributed by atoms with van der Waals surface area (Å²) in [5.41, 5.74) is 4.41. The Kier molecular flexibility index (Phi) is 3.64. The largest absolute Gasteiger partial charge is 0.495 e. The Bertz CT molecular complexity index is 475. The van der Waals surface area contributed by atoms with E-state index in [1.807, 2.05) is 24.3 Å².